The molecule has 0 atom stereocenters. The van der Waals surface area contributed by atoms with Gasteiger partial charge >= 0.3 is 6.18 Å². The van der Waals surface area contributed by atoms with Gasteiger partial charge in [0.1, 0.15) is 5.82 Å². The average Bonchev–Trinajstić information content (AvgIpc) is 3.25. The van der Waals surface area contributed by atoms with E-state index < -0.39 is 26.7 Å². The third kappa shape index (κ3) is 3.47. The quantitative estimate of drug-likeness (QED) is 0.714. The topological polar surface area (TPSA) is 76.9 Å². The number of fused-ring (bicyclic) bond motifs is 1. The molecule has 1 aromatic heterocycles. The van der Waals surface area contributed by atoms with Crippen LogP contribution in [0.25, 0.3) is 11.4 Å². The van der Waals surface area contributed by atoms with E-state index in [1.54, 1.807) is 12.1 Å². The van der Waals surface area contributed by atoms with Crippen molar-refractivity contribution in [2.24, 2.45) is 0 Å². The fourth-order valence-corrected chi connectivity index (χ4v) is 4.21. The van der Waals surface area contributed by atoms with Crippen LogP contribution in [0.5, 0.6) is 0 Å². The molecule has 2 aromatic carbocycles. The van der Waals surface area contributed by atoms with Gasteiger partial charge in [0.15, 0.2) is 5.82 Å². The minimum atomic E-state index is -4.62. The molecule has 1 aliphatic rings. The molecule has 6 nitrogen and oxygen atoms in total. The van der Waals surface area contributed by atoms with Gasteiger partial charge in [-0.3, -0.25) is 4.72 Å². The molecule has 0 unspecified atom stereocenters. The lowest BCUT2D eigenvalue weighted by atomic mass is 10.2. The second-order valence-corrected chi connectivity index (χ2v) is 8.09. The number of alkyl halides is 3. The van der Waals surface area contributed by atoms with Crippen LogP contribution < -0.4 is 4.72 Å². The van der Waals surface area contributed by atoms with Crippen LogP contribution in [0.3, 0.4) is 0 Å². The Kier molecular flexibility index (Phi) is 4.37. The summed E-state index contributed by atoms with van der Waals surface area (Å²) in [6.45, 7) is 0.835. The van der Waals surface area contributed by atoms with E-state index in [1.165, 1.54) is 12.1 Å². The maximum Gasteiger partial charge on any atom is 0.416 e. The van der Waals surface area contributed by atoms with Crippen LogP contribution >= 0.6 is 0 Å². The summed E-state index contributed by atoms with van der Waals surface area (Å²) in [5.74, 6) is 1.63. The second-order valence-electron chi connectivity index (χ2n) is 6.40. The number of rotatable bonds is 4. The summed E-state index contributed by atoms with van der Waals surface area (Å²) >= 11 is 0. The standard InChI is InChI=1S/C18H15F3N4O2S/c19-18(20,21)13-3-1-4-15(11-13)28(26,27)24-14-8-6-12(7-9-14)17-23-22-16-5-2-10-25(16)17/h1,3-4,6-9,11,24H,2,5,10H2. The molecular weight excluding hydrogens is 393 g/mol. The predicted molar refractivity (Wildman–Crippen MR) is 96.0 cm³/mol. The maximum atomic E-state index is 12.8. The number of hydrogen-bond acceptors (Lipinski definition) is 4. The Morgan fingerprint density at radius 1 is 1.04 bits per heavy atom. The van der Waals surface area contributed by atoms with Crippen molar-refractivity contribution in [1.29, 1.82) is 0 Å². The highest BCUT2D eigenvalue weighted by atomic mass is 32.2. The number of nitrogens with zero attached hydrogens (tertiary/aromatic N) is 3. The molecule has 146 valence electrons. The van der Waals surface area contributed by atoms with E-state index in [9.17, 15) is 21.6 Å². The molecule has 0 saturated heterocycles. The Hall–Kier alpha value is -2.88. The van der Waals surface area contributed by atoms with Crippen LogP contribution in [0.2, 0.25) is 0 Å². The highest BCUT2D eigenvalue weighted by Gasteiger charge is 2.31. The Morgan fingerprint density at radius 3 is 2.50 bits per heavy atom. The summed E-state index contributed by atoms with van der Waals surface area (Å²) in [5, 5.41) is 8.29. The first-order valence-electron chi connectivity index (χ1n) is 8.47. The summed E-state index contributed by atoms with van der Waals surface area (Å²) < 4.78 is 67.7. The molecule has 1 aliphatic heterocycles. The fraction of sp³-hybridized carbons (Fsp3) is 0.222. The van der Waals surface area contributed by atoms with E-state index >= 15 is 0 Å². The van der Waals surface area contributed by atoms with Crippen LogP contribution in [-0.2, 0) is 29.2 Å². The van der Waals surface area contributed by atoms with Gasteiger partial charge < -0.3 is 4.57 Å². The lowest BCUT2D eigenvalue weighted by Crippen LogP contribution is -2.14. The number of hydrogen-bond donors (Lipinski definition) is 1. The predicted octanol–water partition coefficient (Wildman–Crippen LogP) is 3.71. The highest BCUT2D eigenvalue weighted by Crippen LogP contribution is 2.31. The second kappa shape index (κ2) is 6.62. The van der Waals surface area contributed by atoms with E-state index in [1.807, 2.05) is 4.57 Å². The molecule has 0 aliphatic carbocycles. The molecule has 0 amide bonds. The molecule has 2 heterocycles. The zero-order chi connectivity index (χ0) is 19.9. The van der Waals surface area contributed by atoms with E-state index in [4.69, 9.17) is 0 Å². The lowest BCUT2D eigenvalue weighted by molar-refractivity contribution is -0.137. The van der Waals surface area contributed by atoms with Crippen molar-refractivity contribution in [2.75, 3.05) is 4.72 Å². The Morgan fingerprint density at radius 2 is 1.79 bits per heavy atom. The smallest absolute Gasteiger partial charge is 0.311 e. The van der Waals surface area contributed by atoms with E-state index in [2.05, 4.69) is 14.9 Å². The summed E-state index contributed by atoms with van der Waals surface area (Å²) in [7, 11) is -4.16. The van der Waals surface area contributed by atoms with Crippen LogP contribution in [-0.4, -0.2) is 23.2 Å². The first kappa shape index (κ1) is 18.5. The summed E-state index contributed by atoms with van der Waals surface area (Å²) in [6.07, 6.45) is -2.74. The number of aryl methyl sites for hydroxylation is 1. The third-order valence-electron chi connectivity index (χ3n) is 4.48. The molecule has 0 fully saturated rings. The molecule has 10 heteroatoms. The van der Waals surface area contributed by atoms with Crippen LogP contribution in [0.15, 0.2) is 53.4 Å². The molecule has 0 saturated carbocycles. The highest BCUT2D eigenvalue weighted by molar-refractivity contribution is 7.92. The lowest BCUT2D eigenvalue weighted by Gasteiger charge is -2.11. The first-order chi connectivity index (χ1) is 13.2. The zero-order valence-corrected chi connectivity index (χ0v) is 15.3. The summed E-state index contributed by atoms with van der Waals surface area (Å²) in [6, 6.07) is 10.1. The Bertz CT molecular complexity index is 1120. The van der Waals surface area contributed by atoms with Gasteiger partial charge in [0.05, 0.1) is 10.5 Å². The van der Waals surface area contributed by atoms with Crippen molar-refractivity contribution in [3.8, 4) is 11.4 Å². The van der Waals surface area contributed by atoms with Crippen LogP contribution in [0, 0.1) is 0 Å². The number of benzene rings is 2. The van der Waals surface area contributed by atoms with Crippen molar-refractivity contribution in [3.63, 3.8) is 0 Å². The largest absolute Gasteiger partial charge is 0.416 e. The summed E-state index contributed by atoms with van der Waals surface area (Å²) in [4.78, 5) is -0.457. The third-order valence-corrected chi connectivity index (χ3v) is 5.86. The van der Waals surface area contributed by atoms with Crippen molar-refractivity contribution >= 4 is 15.7 Å². The minimum absolute atomic E-state index is 0.238. The van der Waals surface area contributed by atoms with Gasteiger partial charge in [0, 0.05) is 24.2 Å². The van der Waals surface area contributed by atoms with Gasteiger partial charge in [-0.1, -0.05) is 6.07 Å². The molecule has 0 bridgehead atoms. The molecule has 1 N–H and O–H groups in total. The van der Waals surface area contributed by atoms with Gasteiger partial charge in [-0.15, -0.1) is 10.2 Å². The van der Waals surface area contributed by atoms with Crippen LogP contribution in [0.1, 0.15) is 17.8 Å². The van der Waals surface area contributed by atoms with Crippen molar-refractivity contribution < 1.29 is 21.6 Å². The van der Waals surface area contributed by atoms with E-state index in [0.717, 1.165) is 49.0 Å². The van der Waals surface area contributed by atoms with Gasteiger partial charge in [-0.05, 0) is 48.9 Å². The number of sulfonamides is 1. The van der Waals surface area contributed by atoms with Crippen molar-refractivity contribution in [2.45, 2.75) is 30.5 Å². The monoisotopic (exact) mass is 408 g/mol. The number of aromatic nitrogens is 3. The molecule has 0 spiro atoms. The number of nitrogens with one attached hydrogen (secondary N) is 1. The van der Waals surface area contributed by atoms with Gasteiger partial charge in [0.2, 0.25) is 0 Å². The molecule has 3 aromatic rings. The molecule has 0 radical (unpaired) electrons. The van der Waals surface area contributed by atoms with Gasteiger partial charge in [0.25, 0.3) is 10.0 Å². The first-order valence-corrected chi connectivity index (χ1v) is 9.95. The van der Waals surface area contributed by atoms with E-state index in [-0.39, 0.29) is 5.69 Å². The Balaban J connectivity index is 1.57. The average molecular weight is 408 g/mol. The van der Waals surface area contributed by atoms with Gasteiger partial charge in [-0.2, -0.15) is 13.2 Å². The Labute approximate surface area is 159 Å². The van der Waals surface area contributed by atoms with Crippen molar-refractivity contribution in [3.05, 3.63) is 59.9 Å². The fourth-order valence-electron chi connectivity index (χ4n) is 3.11. The maximum absolute atomic E-state index is 12.8. The normalized spacial score (nSPS) is 14.1. The van der Waals surface area contributed by atoms with E-state index in [0.29, 0.717) is 11.9 Å². The molecule has 4 rings (SSSR count). The zero-order valence-electron chi connectivity index (χ0n) is 14.4. The SMILES string of the molecule is O=S(=O)(Nc1ccc(-c2nnc3n2CCC3)cc1)c1cccc(C(F)(F)F)c1. The minimum Gasteiger partial charge on any atom is -0.311 e. The molecule has 28 heavy (non-hydrogen) atoms. The van der Waals surface area contributed by atoms with Crippen molar-refractivity contribution in [1.82, 2.24) is 14.8 Å². The van der Waals surface area contributed by atoms with Gasteiger partial charge in [-0.25, -0.2) is 8.42 Å². The number of halogens is 3. The summed E-state index contributed by atoms with van der Waals surface area (Å²) in [5.41, 5.74) is -0.00336. The number of anilines is 1. The molecular formula is C18H15F3N4O2S. The van der Waals surface area contributed by atoms with Crippen LogP contribution in [0.4, 0.5) is 18.9 Å².